The first-order chi connectivity index (χ1) is 38.0. The fraction of sp³-hybridized carbons (Fsp3) is 0.944. The summed E-state index contributed by atoms with van der Waals surface area (Å²) in [6, 6.07) is -0.537. The van der Waals surface area contributed by atoms with Gasteiger partial charge in [0, 0.05) is 12.8 Å². The maximum Gasteiger partial charge on any atom is 0.305 e. The summed E-state index contributed by atoms with van der Waals surface area (Å²) in [7, 11) is 0. The van der Waals surface area contributed by atoms with Crippen molar-refractivity contribution in [1.82, 2.24) is 5.32 Å². The third-order valence-electron chi connectivity index (χ3n) is 16.8. The number of nitrogens with one attached hydrogen (secondary N) is 1. The summed E-state index contributed by atoms with van der Waals surface area (Å²) in [5.41, 5.74) is 0. The minimum Gasteiger partial charge on any atom is -0.466 e. The molecule has 2 unspecified atom stereocenters. The van der Waals surface area contributed by atoms with Gasteiger partial charge in [-0.25, -0.2) is 0 Å². The molecule has 0 aliphatic rings. The first kappa shape index (κ1) is 75.6. The molecule has 0 aromatic rings. The molecule has 458 valence electrons. The Morgan fingerprint density at radius 2 is 0.610 bits per heavy atom. The topological polar surface area (TPSA) is 95.9 Å². The van der Waals surface area contributed by atoms with Gasteiger partial charge in [0.1, 0.15) is 0 Å². The third-order valence-corrected chi connectivity index (χ3v) is 16.8. The number of carbonyl (C=O) groups is 2. The van der Waals surface area contributed by atoms with E-state index in [9.17, 15) is 19.8 Å². The van der Waals surface area contributed by atoms with Crippen LogP contribution in [-0.4, -0.2) is 47.4 Å². The van der Waals surface area contributed by atoms with E-state index in [1.165, 1.54) is 327 Å². The van der Waals surface area contributed by atoms with Crippen LogP contribution in [0.4, 0.5) is 0 Å². The molecule has 6 nitrogen and oxygen atoms in total. The van der Waals surface area contributed by atoms with E-state index in [0.29, 0.717) is 25.9 Å². The summed E-state index contributed by atoms with van der Waals surface area (Å²) >= 11 is 0. The summed E-state index contributed by atoms with van der Waals surface area (Å²) in [4.78, 5) is 24.6. The van der Waals surface area contributed by atoms with Crippen molar-refractivity contribution in [3.8, 4) is 0 Å². The summed E-state index contributed by atoms with van der Waals surface area (Å²) < 4.78 is 5.49. The van der Waals surface area contributed by atoms with Crippen LogP contribution in [0.25, 0.3) is 0 Å². The molecule has 0 aromatic heterocycles. The molecule has 77 heavy (non-hydrogen) atoms. The second-order valence-corrected chi connectivity index (χ2v) is 24.6. The summed E-state index contributed by atoms with van der Waals surface area (Å²) in [5, 5.41) is 23.3. The molecule has 0 saturated heterocycles. The number of unbranched alkanes of at least 4 members (excludes halogenated alkanes) is 54. The van der Waals surface area contributed by atoms with Crippen LogP contribution in [-0.2, 0) is 14.3 Å². The van der Waals surface area contributed by atoms with Gasteiger partial charge in [0.15, 0.2) is 0 Å². The highest BCUT2D eigenvalue weighted by Gasteiger charge is 2.20. The van der Waals surface area contributed by atoms with Crippen molar-refractivity contribution in [2.75, 3.05) is 13.2 Å². The molecule has 0 aliphatic carbocycles. The molecular weight excluding hydrogens is 947 g/mol. The van der Waals surface area contributed by atoms with Crippen molar-refractivity contribution in [3.63, 3.8) is 0 Å². The summed E-state index contributed by atoms with van der Waals surface area (Å²) in [6.07, 6.45) is 82.7. The van der Waals surface area contributed by atoms with Crippen molar-refractivity contribution in [3.05, 3.63) is 12.2 Å². The Morgan fingerprint density at radius 3 is 0.922 bits per heavy atom. The molecule has 3 N–H and O–H groups in total. The van der Waals surface area contributed by atoms with Crippen molar-refractivity contribution < 1.29 is 24.5 Å². The first-order valence-corrected chi connectivity index (χ1v) is 35.4. The number of hydrogen-bond donors (Lipinski definition) is 3. The molecule has 2 atom stereocenters. The Hall–Kier alpha value is -1.40. The van der Waals surface area contributed by atoms with Crippen LogP contribution in [0.2, 0.25) is 0 Å². The number of allylic oxidation sites excluding steroid dienone is 2. The van der Waals surface area contributed by atoms with Gasteiger partial charge in [-0.05, 0) is 51.4 Å². The minimum atomic E-state index is -0.660. The fourth-order valence-electron chi connectivity index (χ4n) is 11.4. The van der Waals surface area contributed by atoms with E-state index in [1.54, 1.807) is 0 Å². The lowest BCUT2D eigenvalue weighted by atomic mass is 10.0. The molecule has 0 radical (unpaired) electrons. The monoisotopic (exact) mass is 1090 g/mol. The lowest BCUT2D eigenvalue weighted by molar-refractivity contribution is -0.143. The number of ether oxygens (including phenoxy) is 1. The standard InChI is InChI=1S/C71H139NO5/c1-3-5-7-9-11-13-15-17-35-39-43-47-51-55-59-63-69(74)68(67-73)72-70(75)64-60-56-52-48-44-40-37-33-31-29-27-25-23-21-19-20-22-24-26-28-30-32-34-38-42-46-50-54-58-62-66-77-71(76)65-61-57-53-49-45-41-36-18-16-14-12-10-8-6-4-2/h18,36,68-69,73-74H,3-17,19-35,37-67H2,1-2H3,(H,72,75)/b36-18-. The van der Waals surface area contributed by atoms with E-state index in [1.807, 2.05) is 0 Å². The van der Waals surface area contributed by atoms with E-state index in [2.05, 4.69) is 31.3 Å². The van der Waals surface area contributed by atoms with Crippen LogP contribution in [0.15, 0.2) is 12.2 Å². The van der Waals surface area contributed by atoms with Crippen LogP contribution in [0.3, 0.4) is 0 Å². The van der Waals surface area contributed by atoms with Crippen LogP contribution in [0, 0.1) is 0 Å². The zero-order valence-electron chi connectivity index (χ0n) is 52.5. The molecule has 0 aromatic carbocycles. The van der Waals surface area contributed by atoms with Crippen LogP contribution in [0.1, 0.15) is 406 Å². The predicted molar refractivity (Wildman–Crippen MR) is 338 cm³/mol. The number of aliphatic hydroxyl groups is 2. The molecule has 0 bridgehead atoms. The number of esters is 1. The summed E-state index contributed by atoms with van der Waals surface area (Å²) in [5.74, 6) is -0.0147. The largest absolute Gasteiger partial charge is 0.466 e. The number of rotatable bonds is 67. The number of amides is 1. The SMILES string of the molecule is CCCCCCCC/C=C\CCCCCCCC(=O)OCCCCCCCCCCCCCCCCCCCCCCCCCCCCCCCCC(=O)NC(CO)C(O)CCCCCCCCCCCCCCCCC. The van der Waals surface area contributed by atoms with Gasteiger partial charge in [-0.2, -0.15) is 0 Å². The average Bonchev–Trinajstić information content (AvgIpc) is 3.43. The van der Waals surface area contributed by atoms with Crippen molar-refractivity contribution >= 4 is 11.9 Å². The molecule has 6 heteroatoms. The first-order valence-electron chi connectivity index (χ1n) is 35.4. The minimum absolute atomic E-state index is 0.0131. The molecule has 0 fully saturated rings. The van der Waals surface area contributed by atoms with E-state index in [0.717, 1.165) is 44.9 Å². The van der Waals surface area contributed by atoms with E-state index < -0.39 is 12.1 Å². The lowest BCUT2D eigenvalue weighted by Gasteiger charge is -2.22. The van der Waals surface area contributed by atoms with Crippen LogP contribution >= 0.6 is 0 Å². The van der Waals surface area contributed by atoms with Gasteiger partial charge < -0.3 is 20.3 Å². The Bertz CT molecular complexity index is 1160. The Kier molecular flexibility index (Phi) is 65.9. The van der Waals surface area contributed by atoms with Gasteiger partial charge >= 0.3 is 5.97 Å². The highest BCUT2D eigenvalue weighted by molar-refractivity contribution is 5.76. The smallest absolute Gasteiger partial charge is 0.305 e. The normalized spacial score (nSPS) is 12.5. The van der Waals surface area contributed by atoms with Crippen molar-refractivity contribution in [2.24, 2.45) is 0 Å². The van der Waals surface area contributed by atoms with Gasteiger partial charge in [0.25, 0.3) is 0 Å². The Labute approximate surface area is 482 Å². The fourth-order valence-corrected chi connectivity index (χ4v) is 11.4. The van der Waals surface area contributed by atoms with Crippen molar-refractivity contribution in [2.45, 2.75) is 418 Å². The number of hydrogen-bond acceptors (Lipinski definition) is 5. The second-order valence-electron chi connectivity index (χ2n) is 24.6. The zero-order chi connectivity index (χ0) is 55.7. The molecule has 0 heterocycles. The molecule has 0 rings (SSSR count). The van der Waals surface area contributed by atoms with Crippen LogP contribution in [0.5, 0.6) is 0 Å². The third kappa shape index (κ3) is 63.6. The lowest BCUT2D eigenvalue weighted by Crippen LogP contribution is -2.45. The molecular formula is C71H139NO5. The van der Waals surface area contributed by atoms with Crippen molar-refractivity contribution in [1.29, 1.82) is 0 Å². The van der Waals surface area contributed by atoms with E-state index in [4.69, 9.17) is 4.74 Å². The molecule has 0 spiro atoms. The van der Waals surface area contributed by atoms with Gasteiger partial charge in [0.2, 0.25) is 5.91 Å². The van der Waals surface area contributed by atoms with Gasteiger partial charge in [-0.15, -0.1) is 0 Å². The molecule has 0 aliphatic heterocycles. The quantitative estimate of drug-likeness (QED) is 0.0320. The van der Waals surface area contributed by atoms with Gasteiger partial charge in [-0.1, -0.05) is 353 Å². The number of carbonyl (C=O) groups excluding carboxylic acids is 2. The Morgan fingerprint density at radius 1 is 0.351 bits per heavy atom. The predicted octanol–water partition coefficient (Wildman–Crippen LogP) is 22.8. The number of aliphatic hydroxyl groups excluding tert-OH is 2. The average molecular weight is 1090 g/mol. The van der Waals surface area contributed by atoms with Gasteiger partial charge in [-0.3, -0.25) is 9.59 Å². The molecule has 0 saturated carbocycles. The van der Waals surface area contributed by atoms with E-state index in [-0.39, 0.29) is 18.5 Å². The van der Waals surface area contributed by atoms with Gasteiger partial charge in [0.05, 0.1) is 25.4 Å². The molecule has 1 amide bonds. The highest BCUT2D eigenvalue weighted by atomic mass is 16.5. The second kappa shape index (κ2) is 67.1. The maximum absolute atomic E-state index is 12.5. The van der Waals surface area contributed by atoms with E-state index >= 15 is 0 Å². The van der Waals surface area contributed by atoms with Crippen LogP contribution < -0.4 is 5.32 Å². The summed E-state index contributed by atoms with van der Waals surface area (Å²) in [6.45, 7) is 4.98. The maximum atomic E-state index is 12.5. The zero-order valence-corrected chi connectivity index (χ0v) is 52.5. The Balaban J connectivity index is 3.32. The highest BCUT2D eigenvalue weighted by Crippen LogP contribution is 2.19.